The van der Waals surface area contributed by atoms with Crippen molar-refractivity contribution < 1.29 is 5.11 Å². The lowest BCUT2D eigenvalue weighted by atomic mass is 10.1. The maximum atomic E-state index is 10.3. The van der Waals surface area contributed by atoms with E-state index in [1.807, 2.05) is 55.6 Å². The molecule has 0 amide bonds. The van der Waals surface area contributed by atoms with E-state index in [0.717, 1.165) is 16.1 Å². The fourth-order valence-corrected chi connectivity index (χ4v) is 2.43. The van der Waals surface area contributed by atoms with Crippen molar-refractivity contribution in [2.45, 2.75) is 19.1 Å². The predicted octanol–water partition coefficient (Wildman–Crippen LogP) is 4.07. The molecule has 2 nitrogen and oxygen atoms in total. The first-order valence-corrected chi connectivity index (χ1v) is 7.14. The molecule has 2 aromatic rings. The number of nitrogens with zero attached hydrogens (tertiary/aromatic N) is 1. The maximum Gasteiger partial charge on any atom is 0.0917 e. The predicted molar refractivity (Wildman–Crippen MR) is 83.9 cm³/mol. The molecule has 20 heavy (non-hydrogen) atoms. The van der Waals surface area contributed by atoms with E-state index in [-0.39, 0.29) is 6.04 Å². The molecule has 2 rings (SSSR count). The molecule has 0 spiro atoms. The van der Waals surface area contributed by atoms with Gasteiger partial charge in [0.25, 0.3) is 0 Å². The number of aliphatic hydroxyl groups is 1. The minimum absolute atomic E-state index is 0.201. The van der Waals surface area contributed by atoms with E-state index in [1.54, 1.807) is 0 Å². The molecule has 0 radical (unpaired) electrons. The quantitative estimate of drug-likeness (QED) is 0.897. The van der Waals surface area contributed by atoms with Crippen LogP contribution in [0, 0.1) is 0 Å². The Morgan fingerprint density at radius 2 is 1.70 bits per heavy atom. The minimum atomic E-state index is -0.483. The molecule has 0 aliphatic rings. The van der Waals surface area contributed by atoms with Gasteiger partial charge in [0.15, 0.2) is 0 Å². The third-order valence-electron chi connectivity index (χ3n) is 3.64. The first-order chi connectivity index (χ1) is 9.58. The van der Waals surface area contributed by atoms with E-state index in [1.165, 1.54) is 0 Å². The fraction of sp³-hybridized carbons (Fsp3) is 0.294. The van der Waals surface area contributed by atoms with E-state index in [9.17, 15) is 5.11 Å². The number of aliphatic hydroxyl groups excluding tert-OH is 1. The van der Waals surface area contributed by atoms with Gasteiger partial charge in [0.05, 0.1) is 6.10 Å². The van der Waals surface area contributed by atoms with Crippen LogP contribution in [-0.2, 0) is 0 Å². The van der Waals surface area contributed by atoms with E-state index in [0.29, 0.717) is 6.54 Å². The summed E-state index contributed by atoms with van der Waals surface area (Å²) in [6.07, 6.45) is -0.483. The smallest absolute Gasteiger partial charge is 0.0917 e. The van der Waals surface area contributed by atoms with Crippen LogP contribution in [-0.4, -0.2) is 23.6 Å². The number of rotatable bonds is 5. The third kappa shape index (κ3) is 3.83. The fourth-order valence-electron chi connectivity index (χ4n) is 2.23. The van der Waals surface area contributed by atoms with Crippen LogP contribution in [0.5, 0.6) is 0 Å². The van der Waals surface area contributed by atoms with Crippen LogP contribution in [0.2, 0.25) is 5.02 Å². The molecule has 0 bridgehead atoms. The van der Waals surface area contributed by atoms with Crippen LogP contribution >= 0.6 is 11.6 Å². The summed E-state index contributed by atoms with van der Waals surface area (Å²) in [5, 5.41) is 11.0. The molecule has 0 aliphatic heterocycles. The second kappa shape index (κ2) is 6.89. The van der Waals surface area contributed by atoms with Crippen molar-refractivity contribution in [3.05, 3.63) is 70.7 Å². The summed E-state index contributed by atoms with van der Waals surface area (Å²) in [5.41, 5.74) is 2.10. The SMILES string of the molecule is CC(c1cccc(Cl)c1)N(C)CC(O)c1ccccc1. The number of benzene rings is 2. The molecule has 0 aliphatic carbocycles. The molecule has 106 valence electrons. The third-order valence-corrected chi connectivity index (χ3v) is 3.87. The summed E-state index contributed by atoms with van der Waals surface area (Å²) in [6, 6.07) is 17.8. The van der Waals surface area contributed by atoms with Gasteiger partial charge in [-0.05, 0) is 37.2 Å². The molecular weight excluding hydrogens is 270 g/mol. The first-order valence-electron chi connectivity index (χ1n) is 6.76. The van der Waals surface area contributed by atoms with Gasteiger partial charge in [0.1, 0.15) is 0 Å². The maximum absolute atomic E-state index is 10.3. The molecule has 0 saturated carbocycles. The van der Waals surface area contributed by atoms with Crippen LogP contribution in [0.4, 0.5) is 0 Å². The van der Waals surface area contributed by atoms with Crippen molar-refractivity contribution in [2.75, 3.05) is 13.6 Å². The molecule has 3 heteroatoms. The Balaban J connectivity index is 2.02. The van der Waals surface area contributed by atoms with Gasteiger partial charge in [-0.25, -0.2) is 0 Å². The van der Waals surface area contributed by atoms with Gasteiger partial charge >= 0.3 is 0 Å². The first kappa shape index (κ1) is 15.0. The van der Waals surface area contributed by atoms with Gasteiger partial charge < -0.3 is 5.11 Å². The molecule has 0 saturated heterocycles. The molecule has 2 unspecified atom stereocenters. The average Bonchev–Trinajstić information content (AvgIpc) is 2.47. The van der Waals surface area contributed by atoms with Crippen molar-refractivity contribution in [1.29, 1.82) is 0 Å². The molecule has 2 aromatic carbocycles. The van der Waals surface area contributed by atoms with Crippen LogP contribution in [0.25, 0.3) is 0 Å². The zero-order chi connectivity index (χ0) is 14.5. The standard InChI is InChI=1S/C17H20ClNO/c1-13(15-9-6-10-16(18)11-15)19(2)12-17(20)14-7-4-3-5-8-14/h3-11,13,17,20H,12H2,1-2H3. The van der Waals surface area contributed by atoms with Gasteiger partial charge in [0, 0.05) is 17.6 Å². The Morgan fingerprint density at radius 1 is 1.05 bits per heavy atom. The summed E-state index contributed by atoms with van der Waals surface area (Å²) >= 11 is 6.03. The minimum Gasteiger partial charge on any atom is -0.387 e. The Morgan fingerprint density at radius 3 is 2.35 bits per heavy atom. The molecule has 0 aromatic heterocycles. The van der Waals surface area contributed by atoms with E-state index in [2.05, 4.69) is 17.9 Å². The highest BCUT2D eigenvalue weighted by Gasteiger charge is 2.16. The topological polar surface area (TPSA) is 23.5 Å². The molecule has 0 heterocycles. The second-order valence-electron chi connectivity index (χ2n) is 5.10. The van der Waals surface area contributed by atoms with Gasteiger partial charge in [-0.3, -0.25) is 4.90 Å². The largest absolute Gasteiger partial charge is 0.387 e. The summed E-state index contributed by atoms with van der Waals surface area (Å²) in [6.45, 7) is 2.70. The van der Waals surface area contributed by atoms with E-state index >= 15 is 0 Å². The van der Waals surface area contributed by atoms with Gasteiger partial charge in [-0.2, -0.15) is 0 Å². The van der Waals surface area contributed by atoms with Crippen molar-refractivity contribution in [3.63, 3.8) is 0 Å². The molecule has 2 atom stereocenters. The summed E-state index contributed by atoms with van der Waals surface area (Å²) in [4.78, 5) is 2.13. The lowest BCUT2D eigenvalue weighted by Crippen LogP contribution is -2.27. The zero-order valence-corrected chi connectivity index (χ0v) is 12.6. The lowest BCUT2D eigenvalue weighted by Gasteiger charge is -2.27. The van der Waals surface area contributed by atoms with Crippen LogP contribution in [0.3, 0.4) is 0 Å². The van der Waals surface area contributed by atoms with Gasteiger partial charge in [-0.15, -0.1) is 0 Å². The normalized spacial score (nSPS) is 14.2. The highest BCUT2D eigenvalue weighted by molar-refractivity contribution is 6.30. The number of halogens is 1. The Labute approximate surface area is 125 Å². The summed E-state index contributed by atoms with van der Waals surface area (Å²) < 4.78 is 0. The van der Waals surface area contributed by atoms with Gasteiger partial charge in [-0.1, -0.05) is 54.1 Å². The highest BCUT2D eigenvalue weighted by Crippen LogP contribution is 2.24. The number of likely N-dealkylation sites (N-methyl/N-ethyl adjacent to an activating group) is 1. The van der Waals surface area contributed by atoms with Gasteiger partial charge in [0.2, 0.25) is 0 Å². The number of hydrogen-bond acceptors (Lipinski definition) is 2. The summed E-state index contributed by atoms with van der Waals surface area (Å²) in [5.74, 6) is 0. The van der Waals surface area contributed by atoms with E-state index in [4.69, 9.17) is 11.6 Å². The van der Waals surface area contributed by atoms with Crippen LogP contribution < -0.4 is 0 Å². The Kier molecular flexibility index (Phi) is 5.18. The van der Waals surface area contributed by atoms with Crippen molar-refractivity contribution in [2.24, 2.45) is 0 Å². The molecule has 0 fully saturated rings. The summed E-state index contributed by atoms with van der Waals surface area (Å²) in [7, 11) is 2.01. The highest BCUT2D eigenvalue weighted by atomic mass is 35.5. The van der Waals surface area contributed by atoms with Crippen LogP contribution in [0.1, 0.15) is 30.2 Å². The number of hydrogen-bond donors (Lipinski definition) is 1. The van der Waals surface area contributed by atoms with E-state index < -0.39 is 6.10 Å². The Hall–Kier alpha value is -1.35. The van der Waals surface area contributed by atoms with Crippen LogP contribution in [0.15, 0.2) is 54.6 Å². The zero-order valence-electron chi connectivity index (χ0n) is 11.8. The van der Waals surface area contributed by atoms with Crippen molar-refractivity contribution in [3.8, 4) is 0 Å². The lowest BCUT2D eigenvalue weighted by molar-refractivity contribution is 0.108. The molecule has 1 N–H and O–H groups in total. The molecular formula is C17H20ClNO. The van der Waals surface area contributed by atoms with Crippen molar-refractivity contribution >= 4 is 11.6 Å². The second-order valence-corrected chi connectivity index (χ2v) is 5.53. The average molecular weight is 290 g/mol. The monoisotopic (exact) mass is 289 g/mol. The van der Waals surface area contributed by atoms with Crippen molar-refractivity contribution in [1.82, 2.24) is 4.90 Å². The Bertz CT molecular complexity index is 544.